The number of carbonyl (C=O) groups excluding carboxylic acids is 1. The van der Waals surface area contributed by atoms with Crippen LogP contribution in [0.1, 0.15) is 48.5 Å². The van der Waals surface area contributed by atoms with Gasteiger partial charge in [-0.1, -0.05) is 34.6 Å². The predicted molar refractivity (Wildman–Crippen MR) is 72.0 cm³/mol. The first-order valence-electron chi connectivity index (χ1n) is 6.71. The maximum absolute atomic E-state index is 12.4. The summed E-state index contributed by atoms with van der Waals surface area (Å²) < 4.78 is 0. The van der Waals surface area contributed by atoms with Crippen molar-refractivity contribution in [3.8, 4) is 0 Å². The second-order valence-corrected chi connectivity index (χ2v) is 6.96. The standard InChI is InChI=1S/C14H28N2O/c1-10(2)8-15-9-12(14(5,6)7)16(11(3)4)13(15)17/h10-12H,8-9H2,1-7H3. The lowest BCUT2D eigenvalue weighted by Crippen LogP contribution is -2.46. The minimum atomic E-state index is 0.145. The molecule has 2 amide bonds. The quantitative estimate of drug-likeness (QED) is 0.743. The van der Waals surface area contributed by atoms with Gasteiger partial charge in [0.2, 0.25) is 0 Å². The molecule has 1 heterocycles. The van der Waals surface area contributed by atoms with Crippen molar-refractivity contribution >= 4 is 6.03 Å². The molecule has 1 aliphatic rings. The highest BCUT2D eigenvalue weighted by atomic mass is 16.2. The topological polar surface area (TPSA) is 23.6 Å². The molecule has 0 radical (unpaired) electrons. The van der Waals surface area contributed by atoms with Crippen molar-refractivity contribution in [2.75, 3.05) is 13.1 Å². The van der Waals surface area contributed by atoms with E-state index >= 15 is 0 Å². The number of hydrogen-bond acceptors (Lipinski definition) is 1. The van der Waals surface area contributed by atoms with Crippen LogP contribution in [0, 0.1) is 11.3 Å². The summed E-state index contributed by atoms with van der Waals surface area (Å²) in [5.41, 5.74) is 0.145. The Bertz CT molecular complexity index is 278. The van der Waals surface area contributed by atoms with Crippen molar-refractivity contribution in [1.29, 1.82) is 0 Å². The fourth-order valence-electron chi connectivity index (χ4n) is 2.54. The summed E-state index contributed by atoms with van der Waals surface area (Å²) in [5.74, 6) is 0.534. The average molecular weight is 240 g/mol. The minimum absolute atomic E-state index is 0.145. The molecule has 0 aromatic rings. The second kappa shape index (κ2) is 4.87. The van der Waals surface area contributed by atoms with Crippen LogP contribution in [0.5, 0.6) is 0 Å². The van der Waals surface area contributed by atoms with Gasteiger partial charge in [0.05, 0.1) is 6.04 Å². The van der Waals surface area contributed by atoms with E-state index in [4.69, 9.17) is 0 Å². The molecule has 0 aromatic heterocycles. The van der Waals surface area contributed by atoms with Crippen LogP contribution in [0.15, 0.2) is 0 Å². The molecule has 0 aliphatic carbocycles. The van der Waals surface area contributed by atoms with Gasteiger partial charge in [0.1, 0.15) is 0 Å². The molecule has 1 saturated heterocycles. The highest BCUT2D eigenvalue weighted by molar-refractivity contribution is 5.77. The van der Waals surface area contributed by atoms with Gasteiger partial charge in [-0.2, -0.15) is 0 Å². The highest BCUT2D eigenvalue weighted by Gasteiger charge is 2.44. The SMILES string of the molecule is CC(C)CN1CC(C(C)(C)C)N(C(C)C)C1=O. The molecule has 1 fully saturated rings. The Morgan fingerprint density at radius 2 is 1.76 bits per heavy atom. The van der Waals surface area contributed by atoms with E-state index in [1.54, 1.807) is 0 Å². The molecule has 0 N–H and O–H groups in total. The third kappa shape index (κ3) is 3.14. The maximum atomic E-state index is 12.4. The molecule has 1 unspecified atom stereocenters. The summed E-state index contributed by atoms with van der Waals surface area (Å²) in [5, 5.41) is 0. The van der Waals surface area contributed by atoms with Gasteiger partial charge in [-0.25, -0.2) is 4.79 Å². The van der Waals surface area contributed by atoms with Crippen molar-refractivity contribution in [2.24, 2.45) is 11.3 Å². The van der Waals surface area contributed by atoms with Gasteiger partial charge >= 0.3 is 6.03 Å². The number of amides is 2. The van der Waals surface area contributed by atoms with E-state index in [1.165, 1.54) is 0 Å². The van der Waals surface area contributed by atoms with Crippen LogP contribution in [-0.2, 0) is 0 Å². The molecule has 1 atom stereocenters. The molecule has 0 aromatic carbocycles. The Morgan fingerprint density at radius 1 is 1.24 bits per heavy atom. The summed E-state index contributed by atoms with van der Waals surface area (Å²) >= 11 is 0. The first kappa shape index (κ1) is 14.3. The minimum Gasteiger partial charge on any atom is -0.322 e. The molecular weight excluding hydrogens is 212 g/mol. The Morgan fingerprint density at radius 3 is 2.06 bits per heavy atom. The fourth-order valence-corrected chi connectivity index (χ4v) is 2.54. The molecule has 0 bridgehead atoms. The van der Waals surface area contributed by atoms with Crippen LogP contribution in [0.2, 0.25) is 0 Å². The summed E-state index contributed by atoms with van der Waals surface area (Å²) in [6.45, 7) is 16.9. The van der Waals surface area contributed by atoms with Crippen molar-refractivity contribution < 1.29 is 4.79 Å². The van der Waals surface area contributed by atoms with Crippen LogP contribution in [0.4, 0.5) is 4.79 Å². The van der Waals surface area contributed by atoms with E-state index in [0.717, 1.165) is 13.1 Å². The molecule has 17 heavy (non-hydrogen) atoms. The summed E-state index contributed by atoms with van der Waals surface area (Å²) in [6.07, 6.45) is 0. The monoisotopic (exact) mass is 240 g/mol. The van der Waals surface area contributed by atoms with Gasteiger partial charge in [0, 0.05) is 19.1 Å². The Kier molecular flexibility index (Phi) is 4.11. The molecule has 3 nitrogen and oxygen atoms in total. The Labute approximate surface area is 106 Å². The summed E-state index contributed by atoms with van der Waals surface area (Å²) in [6, 6.07) is 0.825. The zero-order chi connectivity index (χ0) is 13.4. The van der Waals surface area contributed by atoms with Gasteiger partial charge in [-0.15, -0.1) is 0 Å². The van der Waals surface area contributed by atoms with E-state index in [0.29, 0.717) is 12.0 Å². The lowest BCUT2D eigenvalue weighted by atomic mass is 9.86. The third-order valence-corrected chi connectivity index (χ3v) is 3.36. The number of nitrogens with zero attached hydrogens (tertiary/aromatic N) is 2. The molecule has 1 aliphatic heterocycles. The molecule has 0 saturated carbocycles. The summed E-state index contributed by atoms with van der Waals surface area (Å²) in [4.78, 5) is 16.5. The number of rotatable bonds is 3. The van der Waals surface area contributed by atoms with Gasteiger partial charge in [0.15, 0.2) is 0 Å². The first-order valence-corrected chi connectivity index (χ1v) is 6.71. The van der Waals surface area contributed by atoms with Gasteiger partial charge in [-0.3, -0.25) is 0 Å². The zero-order valence-electron chi connectivity index (χ0n) is 12.4. The van der Waals surface area contributed by atoms with Crippen molar-refractivity contribution in [2.45, 2.75) is 60.5 Å². The molecule has 3 heteroatoms. The number of hydrogen-bond donors (Lipinski definition) is 0. The fraction of sp³-hybridized carbons (Fsp3) is 0.929. The largest absolute Gasteiger partial charge is 0.322 e. The van der Waals surface area contributed by atoms with Crippen molar-refractivity contribution in [1.82, 2.24) is 9.80 Å². The van der Waals surface area contributed by atoms with E-state index in [9.17, 15) is 4.79 Å². The van der Waals surface area contributed by atoms with E-state index < -0.39 is 0 Å². The van der Waals surface area contributed by atoms with Crippen LogP contribution < -0.4 is 0 Å². The smallest absolute Gasteiger partial charge is 0.320 e. The first-order chi connectivity index (χ1) is 7.64. The van der Waals surface area contributed by atoms with Gasteiger partial charge in [0.25, 0.3) is 0 Å². The number of urea groups is 1. The van der Waals surface area contributed by atoms with Gasteiger partial charge in [-0.05, 0) is 25.2 Å². The Hall–Kier alpha value is -0.730. The van der Waals surface area contributed by atoms with Crippen molar-refractivity contribution in [3.05, 3.63) is 0 Å². The lowest BCUT2D eigenvalue weighted by molar-refractivity contribution is 0.131. The molecule has 100 valence electrons. The zero-order valence-corrected chi connectivity index (χ0v) is 12.4. The predicted octanol–water partition coefficient (Wildman–Crippen LogP) is 3.20. The van der Waals surface area contributed by atoms with Crippen LogP contribution in [0.3, 0.4) is 0 Å². The second-order valence-electron chi connectivity index (χ2n) is 6.96. The maximum Gasteiger partial charge on any atom is 0.320 e. The highest BCUT2D eigenvalue weighted by Crippen LogP contribution is 2.32. The molecule has 0 spiro atoms. The lowest BCUT2D eigenvalue weighted by Gasteiger charge is -2.36. The Balaban J connectivity index is 2.89. The van der Waals surface area contributed by atoms with Crippen molar-refractivity contribution in [3.63, 3.8) is 0 Å². The molecular formula is C14H28N2O. The normalized spacial score (nSPS) is 22.2. The van der Waals surface area contributed by atoms with E-state index in [1.807, 2.05) is 4.90 Å². The molecule has 1 rings (SSSR count). The van der Waals surface area contributed by atoms with Gasteiger partial charge < -0.3 is 9.80 Å². The van der Waals surface area contributed by atoms with Crippen LogP contribution >= 0.6 is 0 Å². The third-order valence-electron chi connectivity index (χ3n) is 3.36. The average Bonchev–Trinajstić information content (AvgIpc) is 2.42. The summed E-state index contributed by atoms with van der Waals surface area (Å²) in [7, 11) is 0. The van der Waals surface area contributed by atoms with Crippen LogP contribution in [-0.4, -0.2) is 41.0 Å². The number of carbonyl (C=O) groups is 1. The van der Waals surface area contributed by atoms with E-state index in [2.05, 4.69) is 53.4 Å². The van der Waals surface area contributed by atoms with Crippen LogP contribution in [0.25, 0.3) is 0 Å². The van der Waals surface area contributed by atoms with E-state index in [-0.39, 0.29) is 17.5 Å².